The molecule has 0 saturated carbocycles. The fraction of sp³-hybridized carbons (Fsp3) is 0.983. The highest BCUT2D eigenvalue weighted by Gasteiger charge is 2.44. The summed E-state index contributed by atoms with van der Waals surface area (Å²) in [5.41, 5.74) is 0. The van der Waals surface area contributed by atoms with Crippen molar-refractivity contribution in [3.05, 3.63) is 0 Å². The van der Waals surface area contributed by atoms with Crippen molar-refractivity contribution in [3.63, 3.8) is 0 Å². The molecule has 0 amide bonds. The number of ether oxygens (including phenoxy) is 4. The van der Waals surface area contributed by atoms with Crippen LogP contribution < -0.4 is 0 Å². The number of rotatable bonds is 53. The molecule has 0 spiro atoms. The Labute approximate surface area is 414 Å². The normalized spacial score (nSPS) is 19.0. The number of hydrogen-bond acceptors (Lipinski definition) is 9. The Balaban J connectivity index is 2.12. The van der Waals surface area contributed by atoms with E-state index in [1.54, 1.807) is 0 Å². The van der Waals surface area contributed by atoms with Crippen LogP contribution in [0.1, 0.15) is 303 Å². The minimum Gasteiger partial charge on any atom is -0.457 e. The van der Waals surface area contributed by atoms with Gasteiger partial charge in [-0.15, -0.1) is 0 Å². The van der Waals surface area contributed by atoms with Crippen molar-refractivity contribution < 1.29 is 44.2 Å². The van der Waals surface area contributed by atoms with E-state index >= 15 is 0 Å². The molecule has 6 unspecified atom stereocenters. The first-order valence-electron chi connectivity index (χ1n) is 29.6. The van der Waals surface area contributed by atoms with Crippen molar-refractivity contribution in [1.82, 2.24) is 0 Å². The summed E-state index contributed by atoms with van der Waals surface area (Å²) in [6, 6.07) is 0. The molecule has 9 nitrogen and oxygen atoms in total. The standard InChI is InChI=1S/C58H114O9/c1-3-5-7-9-11-13-15-17-19-21-23-25-26-28-30-32-34-36-38-40-42-44-46-48-64-50-52(51-65-58-57(63)56(62)55(61)53(49-59)67-58)66-54(60)47-45-43-41-39-37-35-33-31-29-27-24-22-20-18-16-14-12-10-8-6-4-2/h52-53,55-59,61-63H,3-51H2,1-2H3. The average molecular weight is 956 g/mol. The Bertz CT molecular complexity index is 997. The lowest BCUT2D eigenvalue weighted by Crippen LogP contribution is -2.59. The lowest BCUT2D eigenvalue weighted by Gasteiger charge is -2.39. The molecule has 1 fully saturated rings. The van der Waals surface area contributed by atoms with Gasteiger partial charge in [0.15, 0.2) is 6.29 Å². The monoisotopic (exact) mass is 955 g/mol. The molecule has 0 aromatic rings. The van der Waals surface area contributed by atoms with E-state index in [2.05, 4.69) is 13.8 Å². The largest absolute Gasteiger partial charge is 0.457 e. The van der Waals surface area contributed by atoms with E-state index in [1.165, 1.54) is 250 Å². The second-order valence-corrected chi connectivity index (χ2v) is 20.8. The Kier molecular flexibility index (Phi) is 48.1. The van der Waals surface area contributed by atoms with Gasteiger partial charge in [-0.25, -0.2) is 0 Å². The van der Waals surface area contributed by atoms with E-state index in [4.69, 9.17) is 18.9 Å². The van der Waals surface area contributed by atoms with Gasteiger partial charge in [0.25, 0.3) is 0 Å². The predicted octanol–water partition coefficient (Wildman–Crippen LogP) is 15.3. The summed E-state index contributed by atoms with van der Waals surface area (Å²) >= 11 is 0. The third-order valence-electron chi connectivity index (χ3n) is 14.3. The van der Waals surface area contributed by atoms with Gasteiger partial charge in [-0.1, -0.05) is 284 Å². The molecule has 67 heavy (non-hydrogen) atoms. The Morgan fingerprint density at radius 1 is 0.418 bits per heavy atom. The number of hydrogen-bond donors (Lipinski definition) is 4. The predicted molar refractivity (Wildman–Crippen MR) is 280 cm³/mol. The fourth-order valence-corrected chi connectivity index (χ4v) is 9.67. The summed E-state index contributed by atoms with van der Waals surface area (Å²) < 4.78 is 23.0. The van der Waals surface area contributed by atoms with Gasteiger partial charge in [-0.3, -0.25) is 4.79 Å². The maximum absolute atomic E-state index is 12.9. The molecule has 4 N–H and O–H groups in total. The smallest absolute Gasteiger partial charge is 0.306 e. The second kappa shape index (κ2) is 50.1. The second-order valence-electron chi connectivity index (χ2n) is 20.8. The molecule has 0 radical (unpaired) electrons. The van der Waals surface area contributed by atoms with Crippen LogP contribution in [-0.2, 0) is 23.7 Å². The van der Waals surface area contributed by atoms with Gasteiger partial charge in [0, 0.05) is 13.0 Å². The van der Waals surface area contributed by atoms with Crippen molar-refractivity contribution in [2.24, 2.45) is 0 Å². The van der Waals surface area contributed by atoms with Gasteiger partial charge in [0.05, 0.1) is 19.8 Å². The fourth-order valence-electron chi connectivity index (χ4n) is 9.67. The van der Waals surface area contributed by atoms with Crippen LogP contribution in [0, 0.1) is 0 Å². The molecular weight excluding hydrogens is 841 g/mol. The van der Waals surface area contributed by atoms with Gasteiger partial charge in [-0.2, -0.15) is 0 Å². The lowest BCUT2D eigenvalue weighted by atomic mass is 9.99. The van der Waals surface area contributed by atoms with Crippen LogP contribution in [0.4, 0.5) is 0 Å². The summed E-state index contributed by atoms with van der Waals surface area (Å²) in [4.78, 5) is 12.9. The first-order valence-corrected chi connectivity index (χ1v) is 29.6. The van der Waals surface area contributed by atoms with Gasteiger partial charge in [-0.05, 0) is 12.8 Å². The Hall–Kier alpha value is -0.810. The van der Waals surface area contributed by atoms with Gasteiger partial charge >= 0.3 is 5.97 Å². The molecule has 1 heterocycles. The van der Waals surface area contributed by atoms with Crippen molar-refractivity contribution in [2.75, 3.05) is 26.4 Å². The maximum Gasteiger partial charge on any atom is 0.306 e. The minimum absolute atomic E-state index is 0.104. The van der Waals surface area contributed by atoms with Crippen LogP contribution in [-0.4, -0.2) is 89.6 Å². The third-order valence-corrected chi connectivity index (χ3v) is 14.3. The average Bonchev–Trinajstić information content (AvgIpc) is 3.33. The summed E-state index contributed by atoms with van der Waals surface area (Å²) in [7, 11) is 0. The van der Waals surface area contributed by atoms with Crippen LogP contribution in [0.5, 0.6) is 0 Å². The summed E-state index contributed by atoms with van der Waals surface area (Å²) in [6.07, 6.45) is 51.6. The number of aliphatic hydroxyl groups is 4. The molecule has 6 atom stereocenters. The highest BCUT2D eigenvalue weighted by molar-refractivity contribution is 5.69. The molecule has 1 aliphatic rings. The Morgan fingerprint density at radius 2 is 0.731 bits per heavy atom. The van der Waals surface area contributed by atoms with E-state index in [-0.39, 0.29) is 19.2 Å². The number of carbonyl (C=O) groups excluding carboxylic acids is 1. The number of unbranched alkanes of at least 4 members (excludes halogenated alkanes) is 42. The molecule has 9 heteroatoms. The van der Waals surface area contributed by atoms with E-state index in [1.807, 2.05) is 0 Å². The topological polar surface area (TPSA) is 135 Å². The molecule has 0 aromatic heterocycles. The summed E-state index contributed by atoms with van der Waals surface area (Å²) in [5, 5.41) is 40.4. The van der Waals surface area contributed by atoms with E-state index in [9.17, 15) is 25.2 Å². The minimum atomic E-state index is -1.53. The van der Waals surface area contributed by atoms with Crippen molar-refractivity contribution >= 4 is 5.97 Å². The van der Waals surface area contributed by atoms with E-state index < -0.39 is 43.4 Å². The van der Waals surface area contributed by atoms with Crippen molar-refractivity contribution in [2.45, 2.75) is 340 Å². The molecule has 1 aliphatic heterocycles. The first-order chi connectivity index (χ1) is 32.9. The molecule has 1 rings (SSSR count). The highest BCUT2D eigenvalue weighted by atomic mass is 16.7. The zero-order valence-electron chi connectivity index (χ0n) is 44.4. The maximum atomic E-state index is 12.9. The third kappa shape index (κ3) is 40.5. The van der Waals surface area contributed by atoms with E-state index in [0.29, 0.717) is 13.0 Å². The van der Waals surface area contributed by atoms with Crippen LogP contribution in [0.2, 0.25) is 0 Å². The van der Waals surface area contributed by atoms with Crippen LogP contribution >= 0.6 is 0 Å². The molecule has 400 valence electrons. The van der Waals surface area contributed by atoms with Gasteiger partial charge in [0.2, 0.25) is 0 Å². The first kappa shape index (κ1) is 64.2. The SMILES string of the molecule is CCCCCCCCCCCCCCCCCCCCCCCCCOCC(COC1OC(CO)C(O)C(O)C1O)OC(=O)CCCCCCCCCCCCCCCCCCCCCCC. The summed E-state index contributed by atoms with van der Waals surface area (Å²) in [5.74, 6) is -0.302. The summed E-state index contributed by atoms with van der Waals surface area (Å²) in [6.45, 7) is 4.65. The number of esters is 1. The Morgan fingerprint density at radius 3 is 1.06 bits per heavy atom. The quantitative estimate of drug-likeness (QED) is 0.0347. The van der Waals surface area contributed by atoms with E-state index in [0.717, 1.165) is 32.1 Å². The molecule has 1 saturated heterocycles. The molecule has 0 bridgehead atoms. The molecule has 0 aromatic carbocycles. The number of aliphatic hydroxyl groups excluding tert-OH is 4. The van der Waals surface area contributed by atoms with Crippen LogP contribution in [0.15, 0.2) is 0 Å². The van der Waals surface area contributed by atoms with Crippen LogP contribution in [0.25, 0.3) is 0 Å². The van der Waals surface area contributed by atoms with Gasteiger partial charge in [0.1, 0.15) is 30.5 Å². The zero-order valence-corrected chi connectivity index (χ0v) is 44.4. The van der Waals surface area contributed by atoms with Gasteiger partial charge < -0.3 is 39.4 Å². The number of carbonyl (C=O) groups is 1. The van der Waals surface area contributed by atoms with Crippen molar-refractivity contribution in [1.29, 1.82) is 0 Å². The lowest BCUT2D eigenvalue weighted by molar-refractivity contribution is -0.305. The van der Waals surface area contributed by atoms with Crippen molar-refractivity contribution in [3.8, 4) is 0 Å². The zero-order chi connectivity index (χ0) is 48.5. The van der Waals surface area contributed by atoms with Crippen LogP contribution in [0.3, 0.4) is 0 Å². The molecule has 0 aliphatic carbocycles. The highest BCUT2D eigenvalue weighted by Crippen LogP contribution is 2.23. The molecular formula is C58H114O9.